The van der Waals surface area contributed by atoms with Gasteiger partial charge in [-0.2, -0.15) is 0 Å². The van der Waals surface area contributed by atoms with E-state index in [0.29, 0.717) is 11.1 Å². The van der Waals surface area contributed by atoms with Crippen molar-refractivity contribution in [3.8, 4) is 11.5 Å². The van der Waals surface area contributed by atoms with Crippen LogP contribution >= 0.6 is 0 Å². The summed E-state index contributed by atoms with van der Waals surface area (Å²) in [5.41, 5.74) is 1.07. The molecule has 0 radical (unpaired) electrons. The van der Waals surface area contributed by atoms with Gasteiger partial charge < -0.3 is 9.84 Å². The van der Waals surface area contributed by atoms with Crippen LogP contribution in [0.15, 0.2) is 55.1 Å². The molecule has 2 aromatic carbocycles. The van der Waals surface area contributed by atoms with E-state index in [0.717, 1.165) is 6.08 Å². The van der Waals surface area contributed by atoms with Crippen molar-refractivity contribution in [2.75, 3.05) is 0 Å². The number of ketones is 1. The van der Waals surface area contributed by atoms with Crippen LogP contribution in [0.3, 0.4) is 0 Å². The molecular weight excluding hydrogens is 268 g/mol. The highest BCUT2D eigenvalue weighted by Crippen LogP contribution is 2.35. The number of rotatable bonds is 4. The van der Waals surface area contributed by atoms with Gasteiger partial charge in [-0.15, -0.1) is 0 Å². The summed E-state index contributed by atoms with van der Waals surface area (Å²) in [6.45, 7) is 4.95. The third kappa shape index (κ3) is 3.00. The molecule has 2 rings (SSSR count). The Balaban J connectivity index is 2.53. The Morgan fingerprint density at radius 2 is 1.81 bits per heavy atom. The predicted molar refractivity (Wildman–Crippen MR) is 78.6 cm³/mol. The maximum Gasteiger partial charge on any atom is 0.335 e. The third-order valence-electron chi connectivity index (χ3n) is 2.98. The summed E-state index contributed by atoms with van der Waals surface area (Å²) < 4.78 is 5.02. The number of phenols is 1. The number of carbonyl (C=O) groups excluding carboxylic acids is 2. The maximum absolute atomic E-state index is 12.5. The molecule has 0 aliphatic carbocycles. The number of phenolic OH excluding ortho intramolecular Hbond substituents is 1. The van der Waals surface area contributed by atoms with Crippen LogP contribution in [0.5, 0.6) is 11.5 Å². The molecular formula is C17H14O4. The summed E-state index contributed by atoms with van der Waals surface area (Å²) in [7, 11) is 0. The lowest BCUT2D eigenvalue weighted by Crippen LogP contribution is -2.10. The highest BCUT2D eigenvalue weighted by molar-refractivity contribution is 6.11. The maximum atomic E-state index is 12.5. The number of esters is 1. The summed E-state index contributed by atoms with van der Waals surface area (Å²) in [6.07, 6.45) is 0.971. The zero-order chi connectivity index (χ0) is 15.4. The van der Waals surface area contributed by atoms with Gasteiger partial charge in [0.15, 0.2) is 17.3 Å². The van der Waals surface area contributed by atoms with Crippen LogP contribution in [0, 0.1) is 6.92 Å². The van der Waals surface area contributed by atoms with Crippen LogP contribution in [0.2, 0.25) is 0 Å². The normalized spacial score (nSPS) is 9.95. The topological polar surface area (TPSA) is 63.6 Å². The lowest BCUT2D eigenvalue weighted by molar-refractivity contribution is -0.129. The van der Waals surface area contributed by atoms with Crippen LogP contribution in [-0.4, -0.2) is 16.9 Å². The smallest absolute Gasteiger partial charge is 0.335 e. The molecule has 4 nitrogen and oxygen atoms in total. The quantitative estimate of drug-likeness (QED) is 0.405. The van der Waals surface area contributed by atoms with Crippen molar-refractivity contribution < 1.29 is 19.4 Å². The highest BCUT2D eigenvalue weighted by Gasteiger charge is 2.20. The van der Waals surface area contributed by atoms with E-state index >= 15 is 0 Å². The van der Waals surface area contributed by atoms with E-state index in [4.69, 9.17) is 4.74 Å². The van der Waals surface area contributed by atoms with Crippen molar-refractivity contribution >= 4 is 11.8 Å². The average Bonchev–Trinajstić information content (AvgIpc) is 2.52. The van der Waals surface area contributed by atoms with Crippen molar-refractivity contribution in [3.63, 3.8) is 0 Å². The second kappa shape index (κ2) is 6.05. The summed E-state index contributed by atoms with van der Waals surface area (Å²) in [6, 6.07) is 11.7. The van der Waals surface area contributed by atoms with Gasteiger partial charge in [0.2, 0.25) is 0 Å². The van der Waals surface area contributed by atoms with E-state index in [9.17, 15) is 14.7 Å². The summed E-state index contributed by atoms with van der Waals surface area (Å²) in [5, 5.41) is 10.1. The number of hydrogen-bond acceptors (Lipinski definition) is 4. The molecule has 0 saturated heterocycles. The molecule has 0 heterocycles. The number of aryl methyl sites for hydroxylation is 1. The van der Waals surface area contributed by atoms with E-state index < -0.39 is 5.97 Å². The van der Waals surface area contributed by atoms with Crippen LogP contribution in [0.25, 0.3) is 0 Å². The Morgan fingerprint density at radius 1 is 1.14 bits per heavy atom. The molecule has 1 N–H and O–H groups in total. The molecule has 4 heteroatoms. The number of hydrogen-bond donors (Lipinski definition) is 1. The number of ether oxygens (including phenoxy) is 1. The molecule has 0 aromatic heterocycles. The minimum atomic E-state index is -0.738. The molecule has 2 aromatic rings. The molecule has 0 aliphatic heterocycles. The van der Waals surface area contributed by atoms with E-state index in [1.54, 1.807) is 43.3 Å². The monoisotopic (exact) mass is 282 g/mol. The SMILES string of the molecule is C=CC(=O)Oc1c(C(=O)c2ccccc2)ccc(C)c1O. The minimum Gasteiger partial charge on any atom is -0.504 e. The van der Waals surface area contributed by atoms with Gasteiger partial charge in [0.25, 0.3) is 0 Å². The van der Waals surface area contributed by atoms with E-state index in [1.165, 1.54) is 6.07 Å². The second-order valence-electron chi connectivity index (χ2n) is 4.43. The van der Waals surface area contributed by atoms with Gasteiger partial charge in [0.1, 0.15) is 0 Å². The molecule has 0 atom stereocenters. The summed E-state index contributed by atoms with van der Waals surface area (Å²) >= 11 is 0. The fourth-order valence-corrected chi connectivity index (χ4v) is 1.84. The zero-order valence-corrected chi connectivity index (χ0v) is 11.5. The fraction of sp³-hybridized carbons (Fsp3) is 0.0588. The van der Waals surface area contributed by atoms with Crippen molar-refractivity contribution in [1.82, 2.24) is 0 Å². The first-order valence-electron chi connectivity index (χ1n) is 6.31. The summed E-state index contributed by atoms with van der Waals surface area (Å²) in [4.78, 5) is 23.9. The van der Waals surface area contributed by atoms with Crippen LogP contribution < -0.4 is 4.74 Å². The van der Waals surface area contributed by atoms with Gasteiger partial charge in [0, 0.05) is 11.6 Å². The zero-order valence-electron chi connectivity index (χ0n) is 11.5. The van der Waals surface area contributed by atoms with E-state index in [2.05, 4.69) is 6.58 Å². The van der Waals surface area contributed by atoms with Crippen molar-refractivity contribution in [2.24, 2.45) is 0 Å². The van der Waals surface area contributed by atoms with Crippen LogP contribution in [0.4, 0.5) is 0 Å². The lowest BCUT2D eigenvalue weighted by Gasteiger charge is -2.12. The molecule has 21 heavy (non-hydrogen) atoms. The fourth-order valence-electron chi connectivity index (χ4n) is 1.84. The van der Waals surface area contributed by atoms with Gasteiger partial charge >= 0.3 is 5.97 Å². The number of benzene rings is 2. The molecule has 0 spiro atoms. The lowest BCUT2D eigenvalue weighted by atomic mass is 10.0. The molecule has 0 bridgehead atoms. The van der Waals surface area contributed by atoms with Gasteiger partial charge in [-0.05, 0) is 18.6 Å². The Labute approximate surface area is 122 Å². The Bertz CT molecular complexity index is 702. The minimum absolute atomic E-state index is 0.125. The molecule has 0 amide bonds. The van der Waals surface area contributed by atoms with Crippen LogP contribution in [0.1, 0.15) is 21.5 Å². The Morgan fingerprint density at radius 3 is 2.43 bits per heavy atom. The molecule has 0 fully saturated rings. The Kier molecular flexibility index (Phi) is 4.18. The van der Waals surface area contributed by atoms with Crippen molar-refractivity contribution in [1.29, 1.82) is 0 Å². The van der Waals surface area contributed by atoms with Crippen molar-refractivity contribution in [3.05, 3.63) is 71.8 Å². The first-order valence-corrected chi connectivity index (χ1v) is 6.31. The van der Waals surface area contributed by atoms with Crippen molar-refractivity contribution in [2.45, 2.75) is 6.92 Å². The van der Waals surface area contributed by atoms with Gasteiger partial charge in [-0.1, -0.05) is 43.0 Å². The second-order valence-corrected chi connectivity index (χ2v) is 4.43. The van der Waals surface area contributed by atoms with Gasteiger partial charge in [0.05, 0.1) is 5.56 Å². The van der Waals surface area contributed by atoms with Crippen LogP contribution in [-0.2, 0) is 4.79 Å². The first-order chi connectivity index (χ1) is 10.0. The average molecular weight is 282 g/mol. The van der Waals surface area contributed by atoms with E-state index in [1.807, 2.05) is 0 Å². The van der Waals surface area contributed by atoms with E-state index in [-0.39, 0.29) is 22.8 Å². The van der Waals surface area contributed by atoms with Gasteiger partial charge in [-0.25, -0.2) is 4.79 Å². The third-order valence-corrected chi connectivity index (χ3v) is 2.98. The largest absolute Gasteiger partial charge is 0.504 e. The van der Waals surface area contributed by atoms with Gasteiger partial charge in [-0.3, -0.25) is 4.79 Å². The first kappa shape index (κ1) is 14.5. The molecule has 0 unspecified atom stereocenters. The Hall–Kier alpha value is -2.88. The molecule has 0 aliphatic rings. The standard InChI is InChI=1S/C17H14O4/c1-3-14(18)21-17-13(10-9-11(2)15(17)19)16(20)12-7-5-4-6-8-12/h3-10,19H,1H2,2H3. The predicted octanol–water partition coefficient (Wildman–Crippen LogP) is 3.02. The number of carbonyl (C=O) groups is 2. The highest BCUT2D eigenvalue weighted by atomic mass is 16.5. The summed E-state index contributed by atoms with van der Waals surface area (Å²) in [5.74, 6) is -1.45. The molecule has 0 saturated carbocycles. The molecule has 106 valence electrons. The number of aromatic hydroxyl groups is 1.